The second kappa shape index (κ2) is 5.36. The molecule has 0 atom stereocenters. The number of rotatable bonds is 2. The highest BCUT2D eigenvalue weighted by Crippen LogP contribution is 2.36. The van der Waals surface area contributed by atoms with E-state index in [-0.39, 0.29) is 0 Å². The van der Waals surface area contributed by atoms with E-state index >= 15 is 0 Å². The molecular weight excluding hydrogens is 302 g/mol. The van der Waals surface area contributed by atoms with E-state index < -0.39 is 0 Å². The van der Waals surface area contributed by atoms with Gasteiger partial charge in [-0.2, -0.15) is 0 Å². The molecule has 0 radical (unpaired) electrons. The van der Waals surface area contributed by atoms with E-state index in [9.17, 15) is 0 Å². The van der Waals surface area contributed by atoms with E-state index in [1.165, 1.54) is 0 Å². The molecule has 17 heavy (non-hydrogen) atoms. The molecule has 0 N–H and O–H groups in total. The lowest BCUT2D eigenvalue weighted by molar-refractivity contribution is 0.483. The summed E-state index contributed by atoms with van der Waals surface area (Å²) in [6, 6.07) is 9.88. The predicted molar refractivity (Wildman–Crippen MR) is 73.0 cm³/mol. The molecule has 1 nitrogen and oxygen atoms in total. The van der Waals surface area contributed by atoms with Crippen molar-refractivity contribution in [3.8, 4) is 11.5 Å². The second-order valence-electron chi connectivity index (χ2n) is 3.25. The molecule has 0 fully saturated rings. The van der Waals surface area contributed by atoms with E-state index in [4.69, 9.17) is 51.1 Å². The Bertz CT molecular complexity index is 505. The van der Waals surface area contributed by atoms with Crippen LogP contribution in [0.25, 0.3) is 0 Å². The van der Waals surface area contributed by atoms with E-state index in [0.29, 0.717) is 31.6 Å². The van der Waals surface area contributed by atoms with Gasteiger partial charge in [0.1, 0.15) is 11.5 Å². The van der Waals surface area contributed by atoms with Crippen molar-refractivity contribution in [1.29, 1.82) is 0 Å². The van der Waals surface area contributed by atoms with E-state index in [1.54, 1.807) is 36.4 Å². The Kier molecular flexibility index (Phi) is 4.05. The van der Waals surface area contributed by atoms with Crippen LogP contribution in [0.4, 0.5) is 0 Å². The van der Waals surface area contributed by atoms with Crippen molar-refractivity contribution < 1.29 is 4.74 Å². The molecule has 0 heterocycles. The van der Waals surface area contributed by atoms with Crippen LogP contribution in [0, 0.1) is 0 Å². The van der Waals surface area contributed by atoms with E-state index in [1.807, 2.05) is 0 Å². The number of halogens is 4. The Morgan fingerprint density at radius 2 is 1.06 bits per heavy atom. The van der Waals surface area contributed by atoms with Crippen molar-refractivity contribution in [2.45, 2.75) is 0 Å². The van der Waals surface area contributed by atoms with Gasteiger partial charge in [0.2, 0.25) is 0 Å². The Hall–Kier alpha value is -0.600. The van der Waals surface area contributed by atoms with Crippen LogP contribution in [0.1, 0.15) is 0 Å². The van der Waals surface area contributed by atoms with Crippen LogP contribution in [-0.2, 0) is 0 Å². The van der Waals surface area contributed by atoms with Crippen LogP contribution in [0.3, 0.4) is 0 Å². The van der Waals surface area contributed by atoms with Gasteiger partial charge in [-0.25, -0.2) is 0 Å². The van der Waals surface area contributed by atoms with Gasteiger partial charge in [-0.1, -0.05) is 46.4 Å². The minimum Gasteiger partial charge on any atom is -0.454 e. The first-order valence-corrected chi connectivity index (χ1v) is 6.15. The summed E-state index contributed by atoms with van der Waals surface area (Å²) in [4.78, 5) is 0. The van der Waals surface area contributed by atoms with Crippen molar-refractivity contribution in [3.05, 3.63) is 56.5 Å². The molecule has 0 aromatic heterocycles. The zero-order valence-electron chi connectivity index (χ0n) is 8.38. The number of benzene rings is 2. The lowest BCUT2D eigenvalue weighted by Crippen LogP contribution is -1.86. The number of ether oxygens (including phenoxy) is 1. The highest BCUT2D eigenvalue weighted by Gasteiger charge is 2.08. The molecule has 2 aromatic rings. The average molecular weight is 308 g/mol. The maximum atomic E-state index is 5.98. The van der Waals surface area contributed by atoms with Crippen LogP contribution in [0.5, 0.6) is 11.5 Å². The Labute approximate surface area is 119 Å². The molecule has 0 saturated heterocycles. The fourth-order valence-corrected chi connectivity index (χ4v) is 1.87. The van der Waals surface area contributed by atoms with Crippen LogP contribution in [0.2, 0.25) is 20.1 Å². The molecule has 0 aliphatic heterocycles. The van der Waals surface area contributed by atoms with Crippen molar-refractivity contribution in [1.82, 2.24) is 0 Å². The molecule has 0 aliphatic carbocycles. The minimum atomic E-state index is 0.434. The van der Waals surface area contributed by atoms with Gasteiger partial charge in [-0.3, -0.25) is 0 Å². The molecule has 0 unspecified atom stereocenters. The minimum absolute atomic E-state index is 0.434. The highest BCUT2D eigenvalue weighted by atomic mass is 35.5. The fourth-order valence-electron chi connectivity index (χ4n) is 1.23. The second-order valence-corrected chi connectivity index (χ2v) is 4.94. The molecule has 2 rings (SSSR count). The molecular formula is C12H6Cl4O. The quantitative estimate of drug-likeness (QED) is 0.652. The molecule has 0 spiro atoms. The SMILES string of the molecule is Clc1ccc(Cl)c(Oc2cc(Cl)ccc2Cl)c1. The van der Waals surface area contributed by atoms with Crippen molar-refractivity contribution in [3.63, 3.8) is 0 Å². The van der Waals surface area contributed by atoms with Gasteiger partial charge in [0.15, 0.2) is 0 Å². The summed E-state index contributed by atoms with van der Waals surface area (Å²) in [5.74, 6) is 0.867. The van der Waals surface area contributed by atoms with Gasteiger partial charge < -0.3 is 4.74 Å². The standard InChI is InChI=1S/C12H6Cl4O/c13-7-1-3-9(15)11(5-7)17-12-6-8(14)2-4-10(12)16/h1-6H. The third kappa shape index (κ3) is 3.20. The zero-order chi connectivity index (χ0) is 12.4. The van der Waals surface area contributed by atoms with Crippen LogP contribution in [-0.4, -0.2) is 0 Å². The molecule has 0 amide bonds. The smallest absolute Gasteiger partial charge is 0.147 e. The van der Waals surface area contributed by atoms with Crippen LogP contribution < -0.4 is 4.74 Å². The first kappa shape index (κ1) is 12.8. The van der Waals surface area contributed by atoms with E-state index in [0.717, 1.165) is 0 Å². The monoisotopic (exact) mass is 306 g/mol. The van der Waals surface area contributed by atoms with E-state index in [2.05, 4.69) is 0 Å². The molecule has 5 heteroatoms. The van der Waals surface area contributed by atoms with Gasteiger partial charge in [0.05, 0.1) is 10.0 Å². The van der Waals surface area contributed by atoms with Crippen LogP contribution >= 0.6 is 46.4 Å². The van der Waals surface area contributed by atoms with Crippen LogP contribution in [0.15, 0.2) is 36.4 Å². The molecule has 2 aromatic carbocycles. The first-order valence-electron chi connectivity index (χ1n) is 4.64. The number of hydrogen-bond acceptors (Lipinski definition) is 1. The fraction of sp³-hybridized carbons (Fsp3) is 0. The third-order valence-corrected chi connectivity index (χ3v) is 3.10. The largest absolute Gasteiger partial charge is 0.454 e. The third-order valence-electron chi connectivity index (χ3n) is 2.01. The lowest BCUT2D eigenvalue weighted by Gasteiger charge is -2.09. The van der Waals surface area contributed by atoms with Gasteiger partial charge >= 0.3 is 0 Å². The molecule has 88 valence electrons. The number of hydrogen-bond donors (Lipinski definition) is 0. The van der Waals surface area contributed by atoms with Crippen molar-refractivity contribution >= 4 is 46.4 Å². The average Bonchev–Trinajstić information content (AvgIpc) is 2.28. The maximum absolute atomic E-state index is 5.98. The highest BCUT2D eigenvalue weighted by molar-refractivity contribution is 6.35. The lowest BCUT2D eigenvalue weighted by atomic mass is 10.3. The summed E-state index contributed by atoms with van der Waals surface area (Å²) in [6.45, 7) is 0. The Morgan fingerprint density at radius 1 is 0.647 bits per heavy atom. The Morgan fingerprint density at radius 3 is 1.47 bits per heavy atom. The van der Waals surface area contributed by atoms with Crippen molar-refractivity contribution in [2.24, 2.45) is 0 Å². The molecule has 0 saturated carbocycles. The van der Waals surface area contributed by atoms with Gasteiger partial charge in [-0.05, 0) is 24.3 Å². The topological polar surface area (TPSA) is 9.23 Å². The predicted octanol–water partition coefficient (Wildman–Crippen LogP) is 6.09. The van der Waals surface area contributed by atoms with Gasteiger partial charge in [-0.15, -0.1) is 0 Å². The molecule has 0 aliphatic rings. The summed E-state index contributed by atoms with van der Waals surface area (Å²) in [6.07, 6.45) is 0. The maximum Gasteiger partial charge on any atom is 0.147 e. The zero-order valence-corrected chi connectivity index (χ0v) is 11.4. The normalized spacial score (nSPS) is 10.4. The van der Waals surface area contributed by atoms with Gasteiger partial charge in [0, 0.05) is 22.2 Å². The Balaban J connectivity index is 2.37. The van der Waals surface area contributed by atoms with Crippen molar-refractivity contribution in [2.75, 3.05) is 0 Å². The summed E-state index contributed by atoms with van der Waals surface area (Å²) in [5.41, 5.74) is 0. The summed E-state index contributed by atoms with van der Waals surface area (Å²) >= 11 is 23.7. The summed E-state index contributed by atoms with van der Waals surface area (Å²) in [5, 5.41) is 1.96. The summed E-state index contributed by atoms with van der Waals surface area (Å²) in [7, 11) is 0. The van der Waals surface area contributed by atoms with Gasteiger partial charge in [0.25, 0.3) is 0 Å². The summed E-state index contributed by atoms with van der Waals surface area (Å²) < 4.78 is 5.57. The molecule has 0 bridgehead atoms. The first-order chi connectivity index (χ1) is 8.06.